The number of nitrogens with zero attached hydrogens (tertiary/aromatic N) is 4. The van der Waals surface area contributed by atoms with Crippen LogP contribution in [-0.4, -0.2) is 21.5 Å². The fourth-order valence-electron chi connectivity index (χ4n) is 1.43. The van der Waals surface area contributed by atoms with E-state index in [4.69, 9.17) is 0 Å². The smallest absolute Gasteiger partial charge is 0.288 e. The van der Waals surface area contributed by atoms with Gasteiger partial charge in [0.1, 0.15) is 0 Å². The highest BCUT2D eigenvalue weighted by Gasteiger charge is 2.01. The van der Waals surface area contributed by atoms with E-state index in [1.54, 1.807) is 37.6 Å². The minimum Gasteiger partial charge on any atom is -0.856 e. The van der Waals surface area contributed by atoms with E-state index in [0.29, 0.717) is 11.1 Å². The number of aryl methyl sites for hydroxylation is 1. The normalized spacial score (nSPS) is 11.6. The molecule has 2 rings (SSSR count). The number of carbonyl (C=O) groups is 1. The van der Waals surface area contributed by atoms with Crippen LogP contribution in [0.2, 0.25) is 0 Å². The van der Waals surface area contributed by atoms with Gasteiger partial charge in [0.2, 0.25) is 6.33 Å². The number of hydrogen-bond acceptors (Lipinski definition) is 4. The Labute approximate surface area is 104 Å². The van der Waals surface area contributed by atoms with E-state index < -0.39 is 0 Å². The van der Waals surface area contributed by atoms with Gasteiger partial charge < -0.3 is 5.11 Å². The lowest BCUT2D eigenvalue weighted by Gasteiger charge is -2.08. The number of benzene rings is 1. The summed E-state index contributed by atoms with van der Waals surface area (Å²) in [5.41, 5.74) is 0.997. The molecule has 0 radical (unpaired) electrons. The monoisotopic (exact) mass is 244 g/mol. The first kappa shape index (κ1) is 12.0. The van der Waals surface area contributed by atoms with Crippen LogP contribution in [0.5, 0.6) is 0 Å². The molecule has 0 N–H and O–H groups in total. The molecule has 0 fully saturated rings. The molecule has 6 heteroatoms. The Kier molecular flexibility index (Phi) is 3.18. The number of hydrogen-bond donors (Lipinski definition) is 0. The number of ketones is 1. The van der Waals surface area contributed by atoms with Crippen LogP contribution in [0.4, 0.5) is 0 Å². The molecule has 92 valence electrons. The highest BCUT2D eigenvalue weighted by atomic mass is 16.3. The summed E-state index contributed by atoms with van der Waals surface area (Å²) in [6.45, 7) is 1.48. The fraction of sp³-hybridized carbons (Fsp3) is 0.167. The Bertz CT molecular complexity index is 599. The van der Waals surface area contributed by atoms with Crippen molar-refractivity contribution >= 4 is 11.7 Å². The van der Waals surface area contributed by atoms with E-state index in [1.807, 2.05) is 0 Å². The maximum absolute atomic E-state index is 11.8. The summed E-state index contributed by atoms with van der Waals surface area (Å²) in [6, 6.07) is 6.39. The second-order valence-electron chi connectivity index (χ2n) is 3.84. The molecule has 0 bridgehead atoms. The van der Waals surface area contributed by atoms with Crippen molar-refractivity contribution in [1.82, 2.24) is 9.78 Å². The SMILES string of the molecule is CC(=O)c1ccc(/C([O-])=N/[n+]2cnn(C)c2)cc1. The molecule has 1 aromatic carbocycles. The van der Waals surface area contributed by atoms with Crippen molar-refractivity contribution in [3.63, 3.8) is 0 Å². The molecule has 18 heavy (non-hydrogen) atoms. The lowest BCUT2D eigenvalue weighted by atomic mass is 10.1. The van der Waals surface area contributed by atoms with Crippen LogP contribution in [0.25, 0.3) is 0 Å². The van der Waals surface area contributed by atoms with Gasteiger partial charge in [0.15, 0.2) is 5.78 Å². The zero-order valence-electron chi connectivity index (χ0n) is 10.1. The average molecular weight is 244 g/mol. The Morgan fingerprint density at radius 3 is 2.44 bits per heavy atom. The third kappa shape index (κ3) is 2.60. The van der Waals surface area contributed by atoms with Gasteiger partial charge in [-0.25, -0.2) is 0 Å². The molecule has 1 heterocycles. The first-order valence-electron chi connectivity index (χ1n) is 5.33. The van der Waals surface area contributed by atoms with Crippen molar-refractivity contribution in [2.24, 2.45) is 12.1 Å². The quantitative estimate of drug-likeness (QED) is 0.315. The van der Waals surface area contributed by atoms with Crippen LogP contribution in [0.1, 0.15) is 22.8 Å². The second-order valence-corrected chi connectivity index (χ2v) is 3.84. The second kappa shape index (κ2) is 4.79. The molecule has 0 aliphatic rings. The standard InChI is InChI=1S/C12H12N4O2/c1-9(17)10-3-5-11(6-4-10)12(18)14-16-7-13-15(2)8-16/h3-8H,1-2H3. The molecule has 0 spiro atoms. The fourth-order valence-corrected chi connectivity index (χ4v) is 1.43. The summed E-state index contributed by atoms with van der Waals surface area (Å²) in [6.07, 6.45) is 3.00. The van der Waals surface area contributed by atoms with Gasteiger partial charge in [-0.2, -0.15) is 0 Å². The third-order valence-electron chi connectivity index (χ3n) is 2.38. The Hall–Kier alpha value is -2.50. The summed E-state index contributed by atoms with van der Waals surface area (Å²) < 4.78 is 2.87. The van der Waals surface area contributed by atoms with E-state index in [1.165, 1.54) is 22.6 Å². The number of rotatable bonds is 3. The van der Waals surface area contributed by atoms with Gasteiger partial charge >= 0.3 is 0 Å². The molecule has 0 aliphatic heterocycles. The summed E-state index contributed by atoms with van der Waals surface area (Å²) in [5.74, 6) is -0.421. The van der Waals surface area contributed by atoms with E-state index in [-0.39, 0.29) is 11.7 Å². The molecule has 2 aromatic rings. The Balaban J connectivity index is 2.25. The van der Waals surface area contributed by atoms with Gasteiger partial charge in [0.05, 0.1) is 7.05 Å². The highest BCUT2D eigenvalue weighted by molar-refractivity contribution is 5.96. The zero-order valence-corrected chi connectivity index (χ0v) is 10.1. The first-order valence-corrected chi connectivity index (χ1v) is 5.33. The lowest BCUT2D eigenvalue weighted by molar-refractivity contribution is -0.682. The summed E-state index contributed by atoms with van der Waals surface area (Å²) >= 11 is 0. The van der Waals surface area contributed by atoms with E-state index in [0.717, 1.165) is 0 Å². The van der Waals surface area contributed by atoms with E-state index in [9.17, 15) is 9.90 Å². The minimum atomic E-state index is -0.386. The predicted octanol–water partition coefficient (Wildman–Crippen LogP) is -0.520. The van der Waals surface area contributed by atoms with Crippen molar-refractivity contribution in [3.05, 3.63) is 48.0 Å². The van der Waals surface area contributed by atoms with Crippen LogP contribution < -0.4 is 9.78 Å². The van der Waals surface area contributed by atoms with Gasteiger partial charge in [0, 0.05) is 16.6 Å². The molecule has 0 amide bonds. The summed E-state index contributed by atoms with van der Waals surface area (Å²) in [5, 5.41) is 19.5. The van der Waals surface area contributed by atoms with Crippen molar-refractivity contribution in [2.75, 3.05) is 0 Å². The van der Waals surface area contributed by atoms with Crippen molar-refractivity contribution in [1.29, 1.82) is 0 Å². The van der Waals surface area contributed by atoms with E-state index in [2.05, 4.69) is 10.2 Å². The molecule has 1 aromatic heterocycles. The average Bonchev–Trinajstić information content (AvgIpc) is 2.75. The van der Waals surface area contributed by atoms with E-state index >= 15 is 0 Å². The predicted molar refractivity (Wildman–Crippen MR) is 61.8 cm³/mol. The van der Waals surface area contributed by atoms with Crippen LogP contribution in [0.3, 0.4) is 0 Å². The molecular formula is C12H12N4O2. The van der Waals surface area contributed by atoms with Gasteiger partial charge in [-0.3, -0.25) is 4.79 Å². The van der Waals surface area contributed by atoms with Crippen LogP contribution >= 0.6 is 0 Å². The van der Waals surface area contributed by atoms with Gasteiger partial charge in [0.25, 0.3) is 6.33 Å². The highest BCUT2D eigenvalue weighted by Crippen LogP contribution is 2.04. The molecule has 0 aliphatic carbocycles. The molecule has 0 saturated carbocycles. The first-order chi connectivity index (χ1) is 8.56. The Morgan fingerprint density at radius 1 is 1.33 bits per heavy atom. The van der Waals surface area contributed by atoms with Gasteiger partial charge in [-0.15, -0.1) is 14.5 Å². The minimum absolute atomic E-state index is 0.0347. The van der Waals surface area contributed by atoms with Crippen LogP contribution in [0, 0.1) is 0 Å². The number of carbonyl (C=O) groups excluding carboxylic acids is 1. The Morgan fingerprint density at radius 2 is 1.94 bits per heavy atom. The lowest BCUT2D eigenvalue weighted by Crippen LogP contribution is -2.32. The zero-order chi connectivity index (χ0) is 13.1. The summed E-state index contributed by atoms with van der Waals surface area (Å²) in [4.78, 5) is 11.1. The largest absolute Gasteiger partial charge is 0.856 e. The summed E-state index contributed by atoms with van der Waals surface area (Å²) in [7, 11) is 1.73. The van der Waals surface area contributed by atoms with Gasteiger partial charge in [-0.1, -0.05) is 24.3 Å². The molecule has 0 saturated heterocycles. The maximum Gasteiger partial charge on any atom is 0.288 e. The van der Waals surface area contributed by atoms with Crippen molar-refractivity contribution < 1.29 is 14.6 Å². The number of Topliss-reactive ketones (excluding diaryl/α,β-unsaturated/α-hetero) is 1. The molecule has 0 atom stereocenters. The van der Waals surface area contributed by atoms with Gasteiger partial charge in [-0.05, 0) is 12.5 Å². The molecule has 6 nitrogen and oxygen atoms in total. The topological polar surface area (TPSA) is 74.2 Å². The van der Waals surface area contributed by atoms with Crippen molar-refractivity contribution in [2.45, 2.75) is 6.92 Å². The molecular weight excluding hydrogens is 232 g/mol. The number of aromatic nitrogens is 3. The van der Waals surface area contributed by atoms with Crippen LogP contribution in [-0.2, 0) is 7.05 Å². The maximum atomic E-state index is 11.8. The third-order valence-corrected chi connectivity index (χ3v) is 2.38. The van der Waals surface area contributed by atoms with Crippen molar-refractivity contribution in [3.8, 4) is 0 Å². The molecule has 0 unspecified atom stereocenters. The van der Waals surface area contributed by atoms with Crippen LogP contribution in [0.15, 0.2) is 42.0 Å².